The van der Waals surface area contributed by atoms with Crippen molar-refractivity contribution in [3.8, 4) is 0 Å². The maximum atomic E-state index is 10.9. The second-order valence-corrected chi connectivity index (χ2v) is 7.64. The van der Waals surface area contributed by atoms with E-state index < -0.39 is 5.50 Å². The van der Waals surface area contributed by atoms with E-state index in [1.807, 2.05) is 0 Å². The van der Waals surface area contributed by atoms with Crippen LogP contribution in [-0.2, 0) is 0 Å². The molecule has 1 N–H and O–H groups in total. The Balaban J connectivity index is 1.52. The fourth-order valence-electron chi connectivity index (χ4n) is 4.22. The van der Waals surface area contributed by atoms with Crippen LogP contribution in [0.3, 0.4) is 0 Å². The second kappa shape index (κ2) is 6.68. The van der Waals surface area contributed by atoms with Crippen molar-refractivity contribution in [1.82, 2.24) is 10.2 Å². The number of piperidine rings is 2. The van der Waals surface area contributed by atoms with E-state index in [1.54, 1.807) is 18.5 Å². The van der Waals surface area contributed by atoms with Gasteiger partial charge in [0.15, 0.2) is 0 Å². The Bertz CT molecular complexity index is 1010. The molecule has 2 atom stereocenters. The monoisotopic (exact) mass is 395 g/mol. The molecule has 0 amide bonds. The van der Waals surface area contributed by atoms with Crippen LogP contribution in [0.25, 0.3) is 0 Å². The molecule has 28 heavy (non-hydrogen) atoms. The number of halogens is 1. The van der Waals surface area contributed by atoms with Gasteiger partial charge >= 0.3 is 0 Å². The third kappa shape index (κ3) is 2.78. The lowest BCUT2D eigenvalue weighted by molar-refractivity contribution is -0.384. The van der Waals surface area contributed by atoms with Crippen molar-refractivity contribution in [2.45, 2.75) is 37.2 Å². The number of benzene rings is 1. The first-order valence-electron chi connectivity index (χ1n) is 9.30. The lowest BCUT2D eigenvalue weighted by Crippen LogP contribution is -2.40. The van der Waals surface area contributed by atoms with Crippen LogP contribution in [0.2, 0.25) is 0 Å². The Morgan fingerprint density at radius 2 is 2.04 bits per heavy atom. The van der Waals surface area contributed by atoms with Gasteiger partial charge in [-0.15, -0.1) is 11.6 Å². The summed E-state index contributed by atoms with van der Waals surface area (Å²) in [6, 6.07) is 6.63. The average molecular weight is 396 g/mol. The number of fused-ring (bicyclic) bond motifs is 1. The molecule has 1 aromatic rings. The molecule has 8 heteroatoms. The summed E-state index contributed by atoms with van der Waals surface area (Å²) in [5, 5.41) is 14.4. The van der Waals surface area contributed by atoms with Gasteiger partial charge in [0, 0.05) is 35.9 Å². The van der Waals surface area contributed by atoms with E-state index in [-0.39, 0.29) is 16.7 Å². The van der Waals surface area contributed by atoms with Gasteiger partial charge < -0.3 is 0 Å². The summed E-state index contributed by atoms with van der Waals surface area (Å²) in [5.41, 5.74) is 3.96. The van der Waals surface area contributed by atoms with Gasteiger partial charge in [-0.1, -0.05) is 18.2 Å². The molecule has 0 bridgehead atoms. The van der Waals surface area contributed by atoms with Gasteiger partial charge in [0.25, 0.3) is 5.69 Å². The van der Waals surface area contributed by atoms with Crippen LogP contribution < -0.4 is 5.32 Å². The van der Waals surface area contributed by atoms with Crippen molar-refractivity contribution in [2.75, 3.05) is 0 Å². The maximum Gasteiger partial charge on any atom is 0.269 e. The highest BCUT2D eigenvalue weighted by Gasteiger charge is 2.37. The van der Waals surface area contributed by atoms with Gasteiger partial charge in [0.2, 0.25) is 0 Å². The Hall–Kier alpha value is -2.77. The van der Waals surface area contributed by atoms with Crippen LogP contribution in [0.4, 0.5) is 5.69 Å². The smallest absolute Gasteiger partial charge is 0.269 e. The minimum Gasteiger partial charge on any atom is -0.290 e. The number of nitrogens with one attached hydrogen (secondary N) is 1. The number of hydrogen-bond donors (Lipinski definition) is 1. The van der Waals surface area contributed by atoms with Crippen molar-refractivity contribution < 1.29 is 4.92 Å². The van der Waals surface area contributed by atoms with Gasteiger partial charge in [-0.3, -0.25) is 20.3 Å². The number of nitro benzene ring substituents is 1. The summed E-state index contributed by atoms with van der Waals surface area (Å²) >= 11 is 6.78. The molecule has 142 valence electrons. The number of amidine groups is 1. The quantitative estimate of drug-likeness (QED) is 0.353. The Labute approximate surface area is 167 Å². The predicted octanol–water partition coefficient (Wildman–Crippen LogP) is 4.16. The summed E-state index contributed by atoms with van der Waals surface area (Å²) in [6.45, 7) is 0. The number of hydrogen-bond acceptors (Lipinski definition) is 6. The summed E-state index contributed by atoms with van der Waals surface area (Å²) < 4.78 is 0. The Kier molecular flexibility index (Phi) is 4.14. The lowest BCUT2D eigenvalue weighted by Gasteiger charge is -2.37. The fraction of sp³-hybridized carbons (Fsp3) is 0.300. The molecule has 4 heterocycles. The van der Waals surface area contributed by atoms with Crippen LogP contribution in [0.5, 0.6) is 0 Å². The number of allylic oxidation sites excluding steroid dienone is 3. The molecular weight excluding hydrogens is 378 g/mol. The van der Waals surface area contributed by atoms with E-state index in [9.17, 15) is 10.1 Å². The largest absolute Gasteiger partial charge is 0.290 e. The van der Waals surface area contributed by atoms with Gasteiger partial charge in [0.1, 0.15) is 23.5 Å². The number of nitro groups is 1. The highest BCUT2D eigenvalue weighted by Crippen LogP contribution is 2.42. The minimum absolute atomic E-state index is 0.0202. The van der Waals surface area contributed by atoms with Gasteiger partial charge in [-0.05, 0) is 36.5 Å². The number of rotatable bonds is 2. The third-order valence-electron chi connectivity index (χ3n) is 5.57. The van der Waals surface area contributed by atoms with E-state index in [2.05, 4.69) is 32.4 Å². The van der Waals surface area contributed by atoms with Crippen molar-refractivity contribution in [3.63, 3.8) is 0 Å². The van der Waals surface area contributed by atoms with E-state index in [0.717, 1.165) is 54.0 Å². The summed E-state index contributed by atoms with van der Waals surface area (Å²) in [4.78, 5) is 21.7. The summed E-state index contributed by atoms with van der Waals surface area (Å²) in [5.74, 6) is 1.88. The van der Waals surface area contributed by atoms with Crippen molar-refractivity contribution >= 4 is 29.5 Å². The van der Waals surface area contributed by atoms with Crippen LogP contribution in [0.1, 0.15) is 37.3 Å². The Morgan fingerprint density at radius 3 is 2.82 bits per heavy atom. The first-order valence-corrected chi connectivity index (χ1v) is 9.73. The average Bonchev–Trinajstić information content (AvgIpc) is 2.87. The zero-order valence-electron chi connectivity index (χ0n) is 15.0. The number of aliphatic imine (C=N–C) groups is 2. The molecule has 1 aromatic carbocycles. The highest BCUT2D eigenvalue weighted by molar-refractivity contribution is 6.22. The second-order valence-electron chi connectivity index (χ2n) is 7.20. The zero-order chi connectivity index (χ0) is 19.3. The van der Waals surface area contributed by atoms with Gasteiger partial charge in [-0.25, -0.2) is 9.98 Å². The molecule has 7 nitrogen and oxygen atoms in total. The van der Waals surface area contributed by atoms with E-state index in [4.69, 9.17) is 11.6 Å². The number of alkyl halides is 1. The fourth-order valence-corrected chi connectivity index (χ4v) is 4.61. The first-order chi connectivity index (χ1) is 13.6. The van der Waals surface area contributed by atoms with Crippen LogP contribution in [0.15, 0.2) is 69.1 Å². The van der Waals surface area contributed by atoms with E-state index >= 15 is 0 Å². The predicted molar refractivity (Wildman–Crippen MR) is 108 cm³/mol. The minimum atomic E-state index is -0.415. The first kappa shape index (κ1) is 17.3. The molecule has 0 spiro atoms. The molecule has 0 saturated carbocycles. The molecule has 2 saturated heterocycles. The van der Waals surface area contributed by atoms with Crippen LogP contribution >= 0.6 is 11.6 Å². The third-order valence-corrected chi connectivity index (χ3v) is 5.92. The molecule has 0 aliphatic carbocycles. The normalized spacial score (nSPS) is 25.9. The Morgan fingerprint density at radius 1 is 1.21 bits per heavy atom. The van der Waals surface area contributed by atoms with Gasteiger partial charge in [0.05, 0.1) is 4.92 Å². The summed E-state index contributed by atoms with van der Waals surface area (Å²) in [6.07, 6.45) is 9.64. The standard InChI is InChI=1S/C20H18ClN5O2/c21-19-18-13(10-16(24-19)12-4-8-15(9-5-12)26(27)28)6-7-14-2-1-3-17-22-11-23-20(18)25(14)17/h4-9,11,16,19,24H,1-3,10H2. The van der Waals surface area contributed by atoms with Gasteiger partial charge in [-0.2, -0.15) is 0 Å². The molecule has 2 fully saturated rings. The lowest BCUT2D eigenvalue weighted by atomic mass is 9.89. The highest BCUT2D eigenvalue weighted by atomic mass is 35.5. The maximum absolute atomic E-state index is 10.9. The topological polar surface area (TPSA) is 83.1 Å². The van der Waals surface area contributed by atoms with Crippen molar-refractivity contribution in [2.24, 2.45) is 9.98 Å². The molecule has 2 unspecified atom stereocenters. The van der Waals surface area contributed by atoms with Crippen LogP contribution in [-0.4, -0.2) is 27.5 Å². The van der Waals surface area contributed by atoms with E-state index in [1.165, 1.54) is 17.8 Å². The molecular formula is C20H18ClN5O2. The SMILES string of the molecule is O=[N+]([O-])c1ccc(C2CC3=CC=C4CCCC5=NC=NC(=C3C(Cl)N2)N45)cc1. The summed E-state index contributed by atoms with van der Waals surface area (Å²) in [7, 11) is 0. The van der Waals surface area contributed by atoms with Crippen LogP contribution in [0, 0.1) is 10.1 Å². The van der Waals surface area contributed by atoms with E-state index in [0.29, 0.717) is 0 Å². The molecule has 5 rings (SSSR count). The molecule has 0 aromatic heterocycles. The number of nitrogens with zero attached hydrogens (tertiary/aromatic N) is 4. The molecule has 4 aliphatic rings. The molecule has 4 aliphatic heterocycles. The molecule has 0 radical (unpaired) electrons. The van der Waals surface area contributed by atoms with Crippen molar-refractivity contribution in [1.29, 1.82) is 0 Å². The van der Waals surface area contributed by atoms with Crippen molar-refractivity contribution in [3.05, 3.63) is 74.8 Å². The number of non-ortho nitro benzene ring substituents is 1. The zero-order valence-corrected chi connectivity index (χ0v) is 15.8.